The summed E-state index contributed by atoms with van der Waals surface area (Å²) in [6, 6.07) is 6.64. The van der Waals surface area contributed by atoms with Gasteiger partial charge >= 0.3 is 16.2 Å². The van der Waals surface area contributed by atoms with Crippen LogP contribution >= 0.6 is 0 Å². The number of benzene rings is 1. The number of piperazine rings is 1. The van der Waals surface area contributed by atoms with Gasteiger partial charge in [-0.15, -0.1) is 0 Å². The number of methoxy groups -OCH3 is 1. The second kappa shape index (κ2) is 12.4. The molecule has 48 heavy (non-hydrogen) atoms. The smallest absolute Gasteiger partial charge is 0.317 e. The maximum Gasteiger partial charge on any atom is 0.317 e. The van der Waals surface area contributed by atoms with Crippen LogP contribution in [0.4, 0.5) is 4.79 Å². The van der Waals surface area contributed by atoms with Crippen LogP contribution in [0.3, 0.4) is 0 Å². The molecule has 1 aromatic heterocycles. The molecule has 11 nitrogen and oxygen atoms in total. The van der Waals surface area contributed by atoms with Crippen LogP contribution in [0.25, 0.3) is 10.9 Å². The van der Waals surface area contributed by atoms with Crippen molar-refractivity contribution >= 4 is 33.1 Å². The highest BCUT2D eigenvalue weighted by Gasteiger charge is 2.47. The molecule has 0 bridgehead atoms. The van der Waals surface area contributed by atoms with Gasteiger partial charge in [-0.25, -0.2) is 9.52 Å². The third-order valence-corrected chi connectivity index (χ3v) is 12.8. The Kier molecular flexibility index (Phi) is 8.48. The number of carbonyl (C=O) groups is 2. The average Bonchev–Trinajstić information content (AvgIpc) is 3.69. The molecule has 2 fully saturated rings. The molecule has 3 amide bonds. The summed E-state index contributed by atoms with van der Waals surface area (Å²) in [6.45, 7) is 6.02. The van der Waals surface area contributed by atoms with Crippen LogP contribution < -0.4 is 14.8 Å². The van der Waals surface area contributed by atoms with Gasteiger partial charge in [0.05, 0.1) is 18.2 Å². The van der Waals surface area contributed by atoms with Gasteiger partial charge in [0.15, 0.2) is 0 Å². The van der Waals surface area contributed by atoms with Crippen molar-refractivity contribution in [2.45, 2.75) is 88.9 Å². The van der Waals surface area contributed by atoms with E-state index in [1.165, 1.54) is 38.9 Å². The standard InChI is InChI=1S/C36H48N6O5S/c1-21-18-41(19-22(2)40(21)5)36(44)37-28-14-10-13-25-31-27(33(31)35(43)38-48(45,46)39(3)4)20-42-29(32(25)28)17-26-30(47-6)16-15-24(34(26)42)23-11-8-7-9-12-23/h10,13,15-17,21-23,28,32H,7-9,11-12,14,18-20H2,1-6H3,(H,37,44)(H,38,43)/t21-,22+,28-,32?/m1/s1. The number of fused-ring (bicyclic) bond motifs is 6. The van der Waals surface area contributed by atoms with Gasteiger partial charge in [0.25, 0.3) is 5.91 Å². The molecule has 2 aliphatic heterocycles. The highest BCUT2D eigenvalue weighted by Crippen LogP contribution is 2.54. The lowest BCUT2D eigenvalue weighted by atomic mass is 9.81. The first-order chi connectivity index (χ1) is 22.9. The normalized spacial score (nSPS) is 26.3. The molecule has 1 aromatic carbocycles. The van der Waals surface area contributed by atoms with Gasteiger partial charge in [0, 0.05) is 68.9 Å². The van der Waals surface area contributed by atoms with Crippen molar-refractivity contribution in [1.29, 1.82) is 0 Å². The van der Waals surface area contributed by atoms with Crippen molar-refractivity contribution in [1.82, 2.24) is 28.7 Å². The van der Waals surface area contributed by atoms with Gasteiger partial charge in [-0.3, -0.25) is 9.69 Å². The Balaban J connectivity index is 1.35. The minimum absolute atomic E-state index is 0.0853. The van der Waals surface area contributed by atoms with Gasteiger partial charge < -0.3 is 19.5 Å². The van der Waals surface area contributed by atoms with E-state index in [1.54, 1.807) is 7.11 Å². The third kappa shape index (κ3) is 5.55. The predicted molar refractivity (Wildman–Crippen MR) is 186 cm³/mol. The van der Waals surface area contributed by atoms with Crippen molar-refractivity contribution in [2.24, 2.45) is 0 Å². The van der Waals surface area contributed by atoms with Crippen LogP contribution in [-0.2, 0) is 21.5 Å². The number of hydrogen-bond donors (Lipinski definition) is 2. The fraction of sp³-hybridized carbons (Fsp3) is 0.556. The Labute approximate surface area is 283 Å². The van der Waals surface area contributed by atoms with E-state index in [1.807, 2.05) is 4.90 Å². The van der Waals surface area contributed by atoms with E-state index in [4.69, 9.17) is 4.74 Å². The van der Waals surface area contributed by atoms with E-state index in [2.05, 4.69) is 70.8 Å². The third-order valence-electron chi connectivity index (χ3n) is 11.4. The van der Waals surface area contributed by atoms with Crippen LogP contribution in [0.2, 0.25) is 0 Å². The number of nitrogens with one attached hydrogen (secondary N) is 2. The number of carbonyl (C=O) groups excluding carboxylic acids is 2. The zero-order chi connectivity index (χ0) is 34.1. The first-order valence-corrected chi connectivity index (χ1v) is 18.7. The number of rotatable bonds is 6. The van der Waals surface area contributed by atoms with E-state index in [9.17, 15) is 18.0 Å². The zero-order valence-corrected chi connectivity index (χ0v) is 29.7. The van der Waals surface area contributed by atoms with Gasteiger partial charge in [-0.05, 0) is 80.5 Å². The highest BCUT2D eigenvalue weighted by atomic mass is 32.2. The largest absolute Gasteiger partial charge is 0.496 e. The maximum atomic E-state index is 13.9. The number of allylic oxidation sites excluding steroid dienone is 2. The maximum absolute atomic E-state index is 13.9. The molecule has 4 atom stereocenters. The van der Waals surface area contributed by atoms with Crippen LogP contribution in [0.1, 0.15) is 75.5 Å². The van der Waals surface area contributed by atoms with Gasteiger partial charge in [0.1, 0.15) is 5.75 Å². The lowest BCUT2D eigenvalue weighted by Crippen LogP contribution is -2.59. The fourth-order valence-corrected chi connectivity index (χ4v) is 9.01. The Morgan fingerprint density at radius 1 is 1.04 bits per heavy atom. The van der Waals surface area contributed by atoms with E-state index in [0.717, 1.165) is 56.2 Å². The molecule has 7 rings (SSSR count). The summed E-state index contributed by atoms with van der Waals surface area (Å²) in [5, 5.41) is 4.45. The zero-order valence-electron chi connectivity index (χ0n) is 28.9. The summed E-state index contributed by atoms with van der Waals surface area (Å²) in [5.74, 6) is 0.347. The van der Waals surface area contributed by atoms with E-state index in [0.29, 0.717) is 37.5 Å². The van der Waals surface area contributed by atoms with E-state index < -0.39 is 16.1 Å². The number of nitrogens with zero attached hydrogens (tertiary/aromatic N) is 4. The second-order valence-electron chi connectivity index (χ2n) is 14.5. The quantitative estimate of drug-likeness (QED) is 0.469. The average molecular weight is 677 g/mol. The van der Waals surface area contributed by atoms with Gasteiger partial charge in [0.2, 0.25) is 0 Å². The molecule has 258 valence electrons. The van der Waals surface area contributed by atoms with Crippen molar-refractivity contribution in [3.05, 3.63) is 63.9 Å². The summed E-state index contributed by atoms with van der Waals surface area (Å²) < 4.78 is 36.9. The number of amides is 3. The number of urea groups is 1. The van der Waals surface area contributed by atoms with Crippen LogP contribution in [0.5, 0.6) is 5.75 Å². The summed E-state index contributed by atoms with van der Waals surface area (Å²) in [4.78, 5) is 31.8. The lowest BCUT2D eigenvalue weighted by molar-refractivity contribution is -0.115. The van der Waals surface area contributed by atoms with Crippen molar-refractivity contribution < 1.29 is 22.7 Å². The Morgan fingerprint density at radius 2 is 1.75 bits per heavy atom. The highest BCUT2D eigenvalue weighted by molar-refractivity contribution is 7.87. The lowest BCUT2D eigenvalue weighted by Gasteiger charge is -2.43. The summed E-state index contributed by atoms with van der Waals surface area (Å²) in [5.41, 5.74) is 6.48. The first-order valence-electron chi connectivity index (χ1n) is 17.3. The van der Waals surface area contributed by atoms with Crippen LogP contribution in [0, 0.1) is 0 Å². The molecule has 1 saturated carbocycles. The molecule has 2 N–H and O–H groups in total. The Bertz CT molecular complexity index is 1860. The molecule has 1 unspecified atom stereocenters. The van der Waals surface area contributed by atoms with Crippen LogP contribution in [-0.4, -0.2) is 98.5 Å². The molecule has 5 aliphatic rings. The Morgan fingerprint density at radius 3 is 2.42 bits per heavy atom. The van der Waals surface area contributed by atoms with Crippen LogP contribution in [0.15, 0.2) is 52.6 Å². The van der Waals surface area contributed by atoms with Gasteiger partial charge in [-0.2, -0.15) is 12.7 Å². The molecule has 3 aliphatic carbocycles. The van der Waals surface area contributed by atoms with E-state index >= 15 is 0 Å². The van der Waals surface area contributed by atoms with Gasteiger partial charge in [-0.1, -0.05) is 37.5 Å². The van der Waals surface area contributed by atoms with Crippen molar-refractivity contribution in [3.8, 4) is 5.75 Å². The minimum Gasteiger partial charge on any atom is -0.496 e. The predicted octanol–water partition coefficient (Wildman–Crippen LogP) is 4.39. The molecule has 3 heterocycles. The number of ether oxygens (including phenoxy) is 1. The molecule has 1 saturated heterocycles. The number of aromatic nitrogens is 1. The molecule has 12 heteroatoms. The minimum atomic E-state index is -3.98. The summed E-state index contributed by atoms with van der Waals surface area (Å²) in [6.07, 6.45) is 10.7. The second-order valence-corrected chi connectivity index (χ2v) is 16.3. The van der Waals surface area contributed by atoms with E-state index in [-0.39, 0.29) is 30.1 Å². The van der Waals surface area contributed by atoms with Crippen molar-refractivity contribution in [2.75, 3.05) is 41.3 Å². The summed E-state index contributed by atoms with van der Waals surface area (Å²) >= 11 is 0. The molecular formula is C36H48N6O5S. The monoisotopic (exact) mass is 676 g/mol. The Hall–Kier alpha value is -3.61. The van der Waals surface area contributed by atoms with Crippen molar-refractivity contribution in [3.63, 3.8) is 0 Å². The molecule has 0 radical (unpaired) electrons. The topological polar surface area (TPSA) is 116 Å². The summed E-state index contributed by atoms with van der Waals surface area (Å²) in [7, 11) is 2.61. The molecular weight excluding hydrogens is 628 g/mol. The SMILES string of the molecule is COc1ccc(C2CCCCC2)c2c1cc1n2CC2=C(C(=O)NS(=O)(=O)N(C)C)C2=C2C=CC[C@@H](NC(=O)N3C[C@@H](C)N(C)[C@@H](C)C3)C21. The number of likely N-dealkylation sites (N-methyl/N-ethyl adjacent to an activating group) is 1. The first kappa shape index (κ1) is 32.9. The molecule has 2 aromatic rings. The fourth-order valence-electron chi connectivity index (χ4n) is 8.49. The number of hydrogen-bond acceptors (Lipinski definition) is 6. The molecule has 0 spiro atoms.